The second kappa shape index (κ2) is 3.68. The average molecular weight is 178 g/mol. The molecule has 1 aromatic carbocycles. The second-order valence-corrected chi connectivity index (χ2v) is 2.89. The molecule has 0 aliphatic carbocycles. The number of rotatable bonds is 2. The Morgan fingerprint density at radius 2 is 2.08 bits per heavy atom. The lowest BCUT2D eigenvalue weighted by atomic mass is 10.2. The average Bonchev–Trinajstić information content (AvgIpc) is 2.67. The normalized spacial score (nSPS) is 27.4. The predicted octanol–water partition coefficient (Wildman–Crippen LogP) is 1.30. The molecule has 0 bridgehead atoms. The smallest absolute Gasteiger partial charge is 0.184 e. The van der Waals surface area contributed by atoms with Crippen LogP contribution in [0.4, 0.5) is 0 Å². The minimum atomic E-state index is -0.412. The SMILES string of the molecule is O=C[C@@H]1COC(c2ccccc2)O1. The van der Waals surface area contributed by atoms with Crippen LogP contribution in [0, 0.1) is 0 Å². The van der Waals surface area contributed by atoms with Crippen LogP contribution in [0.15, 0.2) is 30.3 Å². The van der Waals surface area contributed by atoms with Crippen molar-refractivity contribution in [2.75, 3.05) is 6.61 Å². The van der Waals surface area contributed by atoms with Crippen molar-refractivity contribution in [3.63, 3.8) is 0 Å². The van der Waals surface area contributed by atoms with Crippen LogP contribution in [-0.2, 0) is 14.3 Å². The van der Waals surface area contributed by atoms with Crippen LogP contribution in [0.3, 0.4) is 0 Å². The van der Waals surface area contributed by atoms with Crippen molar-refractivity contribution in [1.82, 2.24) is 0 Å². The Balaban J connectivity index is 2.08. The Morgan fingerprint density at radius 3 is 2.69 bits per heavy atom. The fraction of sp³-hybridized carbons (Fsp3) is 0.300. The van der Waals surface area contributed by atoms with Gasteiger partial charge in [-0.2, -0.15) is 0 Å². The van der Waals surface area contributed by atoms with E-state index in [2.05, 4.69) is 0 Å². The molecule has 68 valence electrons. The lowest BCUT2D eigenvalue weighted by molar-refractivity contribution is -0.119. The van der Waals surface area contributed by atoms with Crippen LogP contribution in [0.1, 0.15) is 11.9 Å². The molecule has 0 radical (unpaired) electrons. The molecule has 1 aliphatic heterocycles. The van der Waals surface area contributed by atoms with Gasteiger partial charge in [0.15, 0.2) is 12.6 Å². The van der Waals surface area contributed by atoms with E-state index in [1.165, 1.54) is 0 Å². The van der Waals surface area contributed by atoms with Crippen LogP contribution >= 0.6 is 0 Å². The molecule has 2 atom stereocenters. The maximum atomic E-state index is 10.4. The van der Waals surface area contributed by atoms with Gasteiger partial charge in [0.05, 0.1) is 6.61 Å². The zero-order valence-corrected chi connectivity index (χ0v) is 7.05. The molecule has 0 aromatic heterocycles. The summed E-state index contributed by atoms with van der Waals surface area (Å²) in [4.78, 5) is 10.4. The summed E-state index contributed by atoms with van der Waals surface area (Å²) in [5.74, 6) is 0. The summed E-state index contributed by atoms with van der Waals surface area (Å²) in [6.07, 6.45) is -0.0234. The Labute approximate surface area is 76.3 Å². The van der Waals surface area contributed by atoms with E-state index in [1.807, 2.05) is 30.3 Å². The van der Waals surface area contributed by atoms with E-state index >= 15 is 0 Å². The summed E-state index contributed by atoms with van der Waals surface area (Å²) < 4.78 is 10.6. The van der Waals surface area contributed by atoms with Gasteiger partial charge in [0, 0.05) is 5.56 Å². The van der Waals surface area contributed by atoms with Gasteiger partial charge in [-0.25, -0.2) is 0 Å². The molecule has 1 fully saturated rings. The zero-order valence-electron chi connectivity index (χ0n) is 7.05. The largest absolute Gasteiger partial charge is 0.345 e. The lowest BCUT2D eigenvalue weighted by Gasteiger charge is -2.08. The molecule has 2 rings (SSSR count). The van der Waals surface area contributed by atoms with Crippen LogP contribution in [0.5, 0.6) is 0 Å². The highest BCUT2D eigenvalue weighted by Gasteiger charge is 2.26. The fourth-order valence-corrected chi connectivity index (χ4v) is 1.28. The van der Waals surface area contributed by atoms with Gasteiger partial charge in [0.25, 0.3) is 0 Å². The van der Waals surface area contributed by atoms with E-state index in [1.54, 1.807) is 0 Å². The van der Waals surface area contributed by atoms with E-state index < -0.39 is 6.10 Å². The van der Waals surface area contributed by atoms with Crippen molar-refractivity contribution in [2.45, 2.75) is 12.4 Å². The third-order valence-electron chi connectivity index (χ3n) is 1.93. The van der Waals surface area contributed by atoms with E-state index in [9.17, 15) is 4.79 Å². The molecule has 1 saturated heterocycles. The van der Waals surface area contributed by atoms with Gasteiger partial charge < -0.3 is 14.3 Å². The molecule has 3 nitrogen and oxygen atoms in total. The molecule has 3 heteroatoms. The summed E-state index contributed by atoms with van der Waals surface area (Å²) in [6, 6.07) is 9.58. The molecule has 0 saturated carbocycles. The van der Waals surface area contributed by atoms with Crippen LogP contribution in [0.25, 0.3) is 0 Å². The standard InChI is InChI=1S/C10H10O3/c11-6-9-7-12-10(13-9)8-4-2-1-3-5-8/h1-6,9-10H,7H2/t9-,10?/m1/s1. The number of benzene rings is 1. The Hall–Kier alpha value is -1.19. The molecule has 1 aromatic rings. The molecule has 13 heavy (non-hydrogen) atoms. The number of hydrogen-bond donors (Lipinski definition) is 0. The fourth-order valence-electron chi connectivity index (χ4n) is 1.28. The van der Waals surface area contributed by atoms with E-state index in [0.29, 0.717) is 6.61 Å². The molecule has 1 heterocycles. The maximum Gasteiger partial charge on any atom is 0.184 e. The number of hydrogen-bond acceptors (Lipinski definition) is 3. The van der Waals surface area contributed by atoms with E-state index in [-0.39, 0.29) is 6.29 Å². The number of ether oxygens (including phenoxy) is 2. The quantitative estimate of drug-likeness (QED) is 0.640. The Morgan fingerprint density at radius 1 is 1.31 bits per heavy atom. The van der Waals surface area contributed by atoms with Crippen molar-refractivity contribution in [3.05, 3.63) is 35.9 Å². The molecule has 1 unspecified atom stereocenters. The van der Waals surface area contributed by atoms with Gasteiger partial charge in [-0.05, 0) is 0 Å². The first kappa shape index (κ1) is 8.41. The van der Waals surface area contributed by atoms with E-state index in [0.717, 1.165) is 11.8 Å². The minimum absolute atomic E-state index is 0.350. The Kier molecular flexibility index (Phi) is 2.38. The molecule has 0 N–H and O–H groups in total. The van der Waals surface area contributed by atoms with E-state index in [4.69, 9.17) is 9.47 Å². The van der Waals surface area contributed by atoms with Crippen molar-refractivity contribution < 1.29 is 14.3 Å². The highest BCUT2D eigenvalue weighted by atomic mass is 16.7. The topological polar surface area (TPSA) is 35.5 Å². The molecule has 0 spiro atoms. The van der Waals surface area contributed by atoms with Crippen molar-refractivity contribution in [2.24, 2.45) is 0 Å². The first-order chi connectivity index (χ1) is 6.40. The number of carbonyl (C=O) groups excluding carboxylic acids is 1. The van der Waals surface area contributed by atoms with Crippen LogP contribution in [-0.4, -0.2) is 19.0 Å². The zero-order chi connectivity index (χ0) is 9.10. The van der Waals surface area contributed by atoms with Gasteiger partial charge >= 0.3 is 0 Å². The molecular formula is C10H10O3. The predicted molar refractivity (Wildman–Crippen MR) is 46.1 cm³/mol. The summed E-state index contributed by atoms with van der Waals surface area (Å²) in [5.41, 5.74) is 0.951. The summed E-state index contributed by atoms with van der Waals surface area (Å²) >= 11 is 0. The van der Waals surface area contributed by atoms with Crippen molar-refractivity contribution >= 4 is 6.29 Å². The van der Waals surface area contributed by atoms with Crippen molar-refractivity contribution in [3.8, 4) is 0 Å². The highest BCUT2D eigenvalue weighted by molar-refractivity contribution is 5.56. The number of aldehydes is 1. The maximum absolute atomic E-state index is 10.4. The second-order valence-electron chi connectivity index (χ2n) is 2.89. The van der Waals surface area contributed by atoms with Gasteiger partial charge in [0.1, 0.15) is 6.10 Å². The summed E-state index contributed by atoms with van der Waals surface area (Å²) in [5, 5.41) is 0. The molecule has 1 aliphatic rings. The summed E-state index contributed by atoms with van der Waals surface area (Å²) in [6.45, 7) is 0.350. The van der Waals surface area contributed by atoms with Gasteiger partial charge in [-0.1, -0.05) is 30.3 Å². The van der Waals surface area contributed by atoms with Crippen molar-refractivity contribution in [1.29, 1.82) is 0 Å². The first-order valence-electron chi connectivity index (χ1n) is 4.17. The van der Waals surface area contributed by atoms with Gasteiger partial charge in [-0.15, -0.1) is 0 Å². The minimum Gasteiger partial charge on any atom is -0.345 e. The first-order valence-corrected chi connectivity index (χ1v) is 4.17. The van der Waals surface area contributed by atoms with Crippen LogP contribution in [0.2, 0.25) is 0 Å². The Bertz CT molecular complexity index is 283. The highest BCUT2D eigenvalue weighted by Crippen LogP contribution is 2.25. The molecule has 0 amide bonds. The monoisotopic (exact) mass is 178 g/mol. The molecular weight excluding hydrogens is 168 g/mol. The summed E-state index contributed by atoms with van der Waals surface area (Å²) in [7, 11) is 0. The van der Waals surface area contributed by atoms with Crippen LogP contribution < -0.4 is 0 Å². The third kappa shape index (κ3) is 1.76. The number of carbonyl (C=O) groups is 1. The van der Waals surface area contributed by atoms with Gasteiger partial charge in [0.2, 0.25) is 0 Å². The lowest BCUT2D eigenvalue weighted by Crippen LogP contribution is -2.10. The van der Waals surface area contributed by atoms with Gasteiger partial charge in [-0.3, -0.25) is 0 Å². The third-order valence-corrected chi connectivity index (χ3v) is 1.93.